The Morgan fingerprint density at radius 1 is 1.16 bits per heavy atom. The molecule has 4 N–H and O–H groups in total. The van der Waals surface area contributed by atoms with Gasteiger partial charge in [0.1, 0.15) is 0 Å². The first-order valence-corrected chi connectivity index (χ1v) is 11.5. The fourth-order valence-electron chi connectivity index (χ4n) is 3.60. The van der Waals surface area contributed by atoms with Crippen LogP contribution in [0.3, 0.4) is 0 Å². The van der Waals surface area contributed by atoms with E-state index in [0.717, 1.165) is 5.56 Å². The number of benzene rings is 1. The summed E-state index contributed by atoms with van der Waals surface area (Å²) < 4.78 is 34.1. The highest BCUT2D eigenvalue weighted by atomic mass is 32.2. The van der Waals surface area contributed by atoms with E-state index < -0.39 is 10.0 Å². The zero-order chi connectivity index (χ0) is 22.2. The highest BCUT2D eigenvalue weighted by molar-refractivity contribution is 7.89. The summed E-state index contributed by atoms with van der Waals surface area (Å²) in [7, 11) is -3.74. The lowest BCUT2D eigenvalue weighted by Gasteiger charge is -2.26. The number of aliphatic hydroxyl groups excluding tert-OH is 1. The van der Waals surface area contributed by atoms with Crippen molar-refractivity contribution in [2.75, 3.05) is 5.73 Å². The third-order valence-electron chi connectivity index (χ3n) is 5.34. The molecule has 3 aromatic rings. The average molecular weight is 445 g/mol. The van der Waals surface area contributed by atoms with Crippen LogP contribution in [0.4, 0.5) is 5.82 Å². The second-order valence-corrected chi connectivity index (χ2v) is 9.43. The van der Waals surface area contributed by atoms with Gasteiger partial charge in [0, 0.05) is 18.5 Å². The van der Waals surface area contributed by atoms with Crippen LogP contribution >= 0.6 is 0 Å². The second kappa shape index (κ2) is 8.33. The van der Waals surface area contributed by atoms with E-state index in [-0.39, 0.29) is 34.4 Å². The molecule has 0 bridgehead atoms. The summed E-state index contributed by atoms with van der Waals surface area (Å²) in [5.41, 5.74) is 8.04. The molecule has 164 valence electrons. The lowest BCUT2D eigenvalue weighted by Crippen LogP contribution is -2.38. The predicted molar refractivity (Wildman–Crippen MR) is 113 cm³/mol. The molecular weight excluding hydrogens is 420 g/mol. The molecule has 31 heavy (non-hydrogen) atoms. The number of nitrogen functional groups attached to an aromatic ring is 1. The number of aryl methyl sites for hydroxylation is 2. The molecule has 4 rings (SSSR count). The van der Waals surface area contributed by atoms with Crippen LogP contribution < -0.4 is 10.5 Å². The van der Waals surface area contributed by atoms with E-state index in [1.807, 2.05) is 6.92 Å². The largest absolute Gasteiger partial charge is 0.420 e. The Labute approximate surface area is 180 Å². The van der Waals surface area contributed by atoms with Gasteiger partial charge in [0.05, 0.1) is 22.9 Å². The van der Waals surface area contributed by atoms with Gasteiger partial charge in [-0.1, -0.05) is 6.07 Å². The Morgan fingerprint density at radius 2 is 1.90 bits per heavy atom. The average Bonchev–Trinajstić information content (AvgIpc) is 3.16. The molecule has 1 aliphatic rings. The fraction of sp³-hybridized carbons (Fsp3) is 0.400. The van der Waals surface area contributed by atoms with Gasteiger partial charge in [-0.3, -0.25) is 0 Å². The van der Waals surface area contributed by atoms with E-state index in [1.165, 1.54) is 6.20 Å². The van der Waals surface area contributed by atoms with Crippen LogP contribution in [0.15, 0.2) is 33.7 Å². The fourth-order valence-corrected chi connectivity index (χ4v) is 4.93. The van der Waals surface area contributed by atoms with E-state index in [1.54, 1.807) is 25.1 Å². The first kappa shape index (κ1) is 21.3. The van der Waals surface area contributed by atoms with Gasteiger partial charge in [0.15, 0.2) is 11.5 Å². The minimum atomic E-state index is -3.74. The SMILES string of the molecule is Cc1nnc(-c2nc(-c3cc(S(=O)(=O)NC4CCC(O)CC4)ccc3C)cnc2N)o1. The van der Waals surface area contributed by atoms with Crippen molar-refractivity contribution in [1.82, 2.24) is 24.9 Å². The van der Waals surface area contributed by atoms with Crippen molar-refractivity contribution >= 4 is 15.8 Å². The summed E-state index contributed by atoms with van der Waals surface area (Å²) >= 11 is 0. The summed E-state index contributed by atoms with van der Waals surface area (Å²) in [5.74, 6) is 0.647. The lowest BCUT2D eigenvalue weighted by molar-refractivity contribution is 0.120. The van der Waals surface area contributed by atoms with Crippen molar-refractivity contribution in [1.29, 1.82) is 0 Å². The van der Waals surface area contributed by atoms with Crippen LogP contribution in [0, 0.1) is 13.8 Å². The maximum absolute atomic E-state index is 13.0. The molecule has 2 heterocycles. The van der Waals surface area contributed by atoms with Gasteiger partial charge in [0.25, 0.3) is 5.89 Å². The monoisotopic (exact) mass is 444 g/mol. The molecule has 0 aliphatic heterocycles. The van der Waals surface area contributed by atoms with Gasteiger partial charge in [-0.05, 0) is 50.3 Å². The number of nitrogens with two attached hydrogens (primary N) is 1. The summed E-state index contributed by atoms with van der Waals surface area (Å²) in [5, 5.41) is 17.4. The number of hydrogen-bond donors (Lipinski definition) is 3. The maximum Gasteiger partial charge on any atom is 0.270 e. The molecule has 11 heteroatoms. The minimum absolute atomic E-state index is 0.132. The Morgan fingerprint density at radius 3 is 2.58 bits per heavy atom. The summed E-state index contributed by atoms with van der Waals surface area (Å²) in [6.07, 6.45) is 3.52. The number of rotatable bonds is 5. The van der Waals surface area contributed by atoms with Gasteiger partial charge < -0.3 is 15.3 Å². The zero-order valence-corrected chi connectivity index (χ0v) is 18.1. The first-order valence-electron chi connectivity index (χ1n) is 9.97. The Balaban J connectivity index is 1.67. The Bertz CT molecular complexity index is 1200. The van der Waals surface area contributed by atoms with Crippen molar-refractivity contribution in [2.45, 2.75) is 56.6 Å². The molecule has 0 amide bonds. The van der Waals surface area contributed by atoms with Crippen LogP contribution in [-0.2, 0) is 10.0 Å². The number of aromatic nitrogens is 4. The lowest BCUT2D eigenvalue weighted by atomic mass is 9.94. The normalized spacial score (nSPS) is 19.5. The predicted octanol–water partition coefficient (Wildman–Crippen LogP) is 1.97. The molecular formula is C20H24N6O4S. The van der Waals surface area contributed by atoms with Crippen LogP contribution in [0.2, 0.25) is 0 Å². The molecule has 10 nitrogen and oxygen atoms in total. The molecule has 0 spiro atoms. The number of nitrogens with one attached hydrogen (secondary N) is 1. The van der Waals surface area contributed by atoms with Crippen molar-refractivity contribution in [3.05, 3.63) is 35.9 Å². The molecule has 1 aliphatic carbocycles. The molecule has 1 saturated carbocycles. The third kappa shape index (κ3) is 4.58. The number of anilines is 1. The van der Waals surface area contributed by atoms with Gasteiger partial charge in [-0.15, -0.1) is 10.2 Å². The van der Waals surface area contributed by atoms with Crippen LogP contribution in [0.1, 0.15) is 37.1 Å². The summed E-state index contributed by atoms with van der Waals surface area (Å²) in [6, 6.07) is 4.66. The summed E-state index contributed by atoms with van der Waals surface area (Å²) in [6.45, 7) is 3.51. The van der Waals surface area contributed by atoms with Crippen LogP contribution in [0.5, 0.6) is 0 Å². The van der Waals surface area contributed by atoms with Crippen LogP contribution in [-0.4, -0.2) is 45.8 Å². The smallest absolute Gasteiger partial charge is 0.270 e. The van der Waals surface area contributed by atoms with E-state index in [0.29, 0.717) is 42.8 Å². The standard InChI is InChI=1S/C20H24N6O4S/c1-11-3-8-15(31(28,29)26-13-4-6-14(27)7-5-13)9-16(11)17-10-22-19(21)18(23-17)20-25-24-12(2)30-20/h3,8-10,13-14,26-27H,4-7H2,1-2H3,(H2,21,22). The van der Waals surface area contributed by atoms with E-state index >= 15 is 0 Å². The molecule has 0 radical (unpaired) electrons. The number of nitrogens with zero attached hydrogens (tertiary/aromatic N) is 4. The highest BCUT2D eigenvalue weighted by Crippen LogP contribution is 2.29. The minimum Gasteiger partial charge on any atom is -0.420 e. The van der Waals surface area contributed by atoms with Crippen molar-refractivity contribution in [2.24, 2.45) is 0 Å². The second-order valence-electron chi connectivity index (χ2n) is 7.72. The van der Waals surface area contributed by atoms with Gasteiger partial charge in [0.2, 0.25) is 15.9 Å². The number of sulfonamides is 1. The first-order chi connectivity index (χ1) is 14.7. The zero-order valence-electron chi connectivity index (χ0n) is 17.2. The molecule has 0 saturated heterocycles. The summed E-state index contributed by atoms with van der Waals surface area (Å²) in [4.78, 5) is 8.81. The molecule has 0 unspecified atom stereocenters. The topological polar surface area (TPSA) is 157 Å². The van der Waals surface area contributed by atoms with Gasteiger partial charge in [-0.25, -0.2) is 23.1 Å². The van der Waals surface area contributed by atoms with E-state index in [9.17, 15) is 13.5 Å². The van der Waals surface area contributed by atoms with E-state index in [2.05, 4.69) is 24.9 Å². The van der Waals surface area contributed by atoms with Gasteiger partial charge in [-0.2, -0.15) is 0 Å². The van der Waals surface area contributed by atoms with Crippen LogP contribution in [0.25, 0.3) is 22.8 Å². The van der Waals surface area contributed by atoms with Crippen molar-refractivity contribution in [3.8, 4) is 22.8 Å². The maximum atomic E-state index is 13.0. The van der Waals surface area contributed by atoms with E-state index in [4.69, 9.17) is 10.2 Å². The Kier molecular flexibility index (Phi) is 5.73. The number of hydrogen-bond acceptors (Lipinski definition) is 9. The Hall–Kier alpha value is -2.89. The molecule has 0 atom stereocenters. The molecule has 2 aromatic heterocycles. The quantitative estimate of drug-likeness (QED) is 0.535. The van der Waals surface area contributed by atoms with Gasteiger partial charge >= 0.3 is 0 Å². The van der Waals surface area contributed by atoms with Crippen molar-refractivity contribution < 1.29 is 17.9 Å². The highest BCUT2D eigenvalue weighted by Gasteiger charge is 2.25. The number of aliphatic hydroxyl groups is 1. The third-order valence-corrected chi connectivity index (χ3v) is 6.86. The van der Waals surface area contributed by atoms with Crippen molar-refractivity contribution in [3.63, 3.8) is 0 Å². The molecule has 1 fully saturated rings. The molecule has 1 aromatic carbocycles.